The Bertz CT molecular complexity index is 820. The molecule has 0 saturated heterocycles. The molecule has 0 bridgehead atoms. The minimum atomic E-state index is -3.50. The number of rotatable bonds is 7. The lowest BCUT2D eigenvalue weighted by Gasteiger charge is -2.31. The molecule has 1 amide bonds. The third-order valence-corrected chi connectivity index (χ3v) is 8.19. The van der Waals surface area contributed by atoms with Crippen LogP contribution in [0.4, 0.5) is 5.69 Å². The van der Waals surface area contributed by atoms with Crippen molar-refractivity contribution in [1.82, 2.24) is 4.31 Å². The Kier molecular flexibility index (Phi) is 7.35. The van der Waals surface area contributed by atoms with Crippen LogP contribution in [0.1, 0.15) is 58.4 Å². The summed E-state index contributed by atoms with van der Waals surface area (Å²) in [5, 5.41) is 0. The largest absolute Gasteiger partial charge is 0.368 e. The molecule has 1 aliphatic carbocycles. The molecule has 0 spiro atoms. The Morgan fingerprint density at radius 3 is 2.66 bits per heavy atom. The molecule has 1 fully saturated rings. The normalized spacial score (nSPS) is 22.6. The van der Waals surface area contributed by atoms with Crippen molar-refractivity contribution < 1.29 is 17.9 Å². The minimum Gasteiger partial charge on any atom is -0.368 e. The van der Waals surface area contributed by atoms with E-state index in [9.17, 15) is 13.2 Å². The maximum absolute atomic E-state index is 12.8. The number of anilines is 1. The molecule has 1 saturated carbocycles. The summed E-state index contributed by atoms with van der Waals surface area (Å²) < 4.78 is 33.0. The van der Waals surface area contributed by atoms with Crippen LogP contribution in [0.15, 0.2) is 23.1 Å². The predicted molar refractivity (Wildman–Crippen MR) is 115 cm³/mol. The quantitative estimate of drug-likeness (QED) is 0.673. The molecule has 0 aromatic heterocycles. The summed E-state index contributed by atoms with van der Waals surface area (Å²) in [7, 11) is -3.50. The van der Waals surface area contributed by atoms with Crippen LogP contribution in [0.3, 0.4) is 0 Å². The van der Waals surface area contributed by atoms with Crippen LogP contribution >= 0.6 is 0 Å². The summed E-state index contributed by atoms with van der Waals surface area (Å²) in [6.07, 6.45) is 6.24. The third kappa shape index (κ3) is 5.01. The van der Waals surface area contributed by atoms with Crippen LogP contribution in [0, 0.1) is 5.92 Å². The van der Waals surface area contributed by atoms with Gasteiger partial charge < -0.3 is 9.64 Å². The molecule has 1 aliphatic heterocycles. The Balaban J connectivity index is 1.72. The first-order valence-electron chi connectivity index (χ1n) is 10.9. The fraction of sp³-hybridized carbons (Fsp3) is 0.682. The second-order valence-corrected chi connectivity index (χ2v) is 10.2. The molecule has 2 atom stereocenters. The average Bonchev–Trinajstić information content (AvgIpc) is 2.72. The lowest BCUT2D eigenvalue weighted by Crippen LogP contribution is -2.39. The Morgan fingerprint density at radius 2 is 1.97 bits per heavy atom. The molecule has 3 rings (SSSR count). The van der Waals surface area contributed by atoms with Crippen molar-refractivity contribution in [3.63, 3.8) is 0 Å². The number of sulfonamides is 1. The second-order valence-electron chi connectivity index (χ2n) is 8.23. The van der Waals surface area contributed by atoms with E-state index in [1.165, 1.54) is 10.7 Å². The molecule has 0 radical (unpaired) electrons. The van der Waals surface area contributed by atoms with E-state index in [1.54, 1.807) is 23.1 Å². The van der Waals surface area contributed by atoms with Crippen molar-refractivity contribution in [2.75, 3.05) is 31.1 Å². The number of benzene rings is 1. The molecule has 1 aromatic rings. The number of hydrogen-bond donors (Lipinski definition) is 0. The number of fused-ring (bicyclic) bond motifs is 1. The topological polar surface area (TPSA) is 66.9 Å². The Labute approximate surface area is 175 Å². The van der Waals surface area contributed by atoms with E-state index < -0.39 is 10.0 Å². The molecule has 162 valence electrons. The van der Waals surface area contributed by atoms with Gasteiger partial charge in [-0.2, -0.15) is 4.31 Å². The van der Waals surface area contributed by atoms with Crippen molar-refractivity contribution in [2.24, 2.45) is 5.92 Å². The Morgan fingerprint density at radius 1 is 1.21 bits per heavy atom. The van der Waals surface area contributed by atoms with Gasteiger partial charge in [-0.15, -0.1) is 0 Å². The first-order valence-corrected chi connectivity index (χ1v) is 12.4. The van der Waals surface area contributed by atoms with E-state index in [-0.39, 0.29) is 18.6 Å². The number of nitrogens with zero attached hydrogens (tertiary/aromatic N) is 2. The van der Waals surface area contributed by atoms with Gasteiger partial charge in [0.25, 0.3) is 5.91 Å². The van der Waals surface area contributed by atoms with E-state index >= 15 is 0 Å². The van der Waals surface area contributed by atoms with Gasteiger partial charge in [0.05, 0.1) is 11.0 Å². The fourth-order valence-corrected chi connectivity index (χ4v) is 6.01. The summed E-state index contributed by atoms with van der Waals surface area (Å²) in [5.74, 6) is 0.620. The molecule has 0 N–H and O–H groups in total. The molecule has 6 nitrogen and oxygen atoms in total. The van der Waals surface area contributed by atoms with Gasteiger partial charge in [-0.1, -0.05) is 33.6 Å². The zero-order valence-corrected chi connectivity index (χ0v) is 18.7. The van der Waals surface area contributed by atoms with Gasteiger partial charge in [-0.25, -0.2) is 8.42 Å². The van der Waals surface area contributed by atoms with Crippen molar-refractivity contribution in [3.05, 3.63) is 23.8 Å². The number of carbonyl (C=O) groups excluding carboxylic acids is 1. The van der Waals surface area contributed by atoms with Crippen molar-refractivity contribution in [3.8, 4) is 0 Å². The zero-order valence-electron chi connectivity index (χ0n) is 17.9. The zero-order chi connectivity index (χ0) is 21.0. The summed E-state index contributed by atoms with van der Waals surface area (Å²) >= 11 is 0. The molecule has 2 aliphatic rings. The van der Waals surface area contributed by atoms with Gasteiger partial charge in [-0.05, 0) is 55.4 Å². The number of amides is 1. The SMILES string of the molecule is CCN(CC)S(=O)(=O)c1ccc2c(c1)CCCN2C(=O)COC1CCCC(C)C1. The first-order chi connectivity index (χ1) is 13.9. The van der Waals surface area contributed by atoms with E-state index in [0.29, 0.717) is 30.4 Å². The standard InChI is InChI=1S/C22H34N2O4S/c1-4-23(5-2)29(26,27)20-11-12-21-18(15-20)9-7-13-24(21)22(25)16-28-19-10-6-8-17(3)14-19/h11-12,15,17,19H,4-10,13-14,16H2,1-3H3. The number of carbonyl (C=O) groups is 1. The third-order valence-electron chi connectivity index (χ3n) is 6.14. The molecule has 2 unspecified atom stereocenters. The average molecular weight is 423 g/mol. The molecule has 29 heavy (non-hydrogen) atoms. The number of hydrogen-bond acceptors (Lipinski definition) is 4. The smallest absolute Gasteiger partial charge is 0.252 e. The van der Waals surface area contributed by atoms with Crippen molar-refractivity contribution in [1.29, 1.82) is 0 Å². The van der Waals surface area contributed by atoms with Crippen molar-refractivity contribution in [2.45, 2.75) is 70.3 Å². The van der Waals surface area contributed by atoms with Crippen LogP contribution in [0.25, 0.3) is 0 Å². The maximum Gasteiger partial charge on any atom is 0.252 e. The number of aryl methyl sites for hydroxylation is 1. The van der Waals surface area contributed by atoms with Crippen LogP contribution in [-0.2, 0) is 26.0 Å². The fourth-order valence-electron chi connectivity index (χ4n) is 4.50. The van der Waals surface area contributed by atoms with Gasteiger partial charge >= 0.3 is 0 Å². The summed E-state index contributed by atoms with van der Waals surface area (Å²) in [6, 6.07) is 5.15. The van der Waals surface area contributed by atoms with Crippen LogP contribution in [0.2, 0.25) is 0 Å². The summed E-state index contributed by atoms with van der Waals surface area (Å²) in [6.45, 7) is 7.55. The molecule has 1 aromatic carbocycles. The molecule has 1 heterocycles. The van der Waals surface area contributed by atoms with Gasteiger partial charge in [0.15, 0.2) is 0 Å². The number of ether oxygens (including phenoxy) is 1. The van der Waals surface area contributed by atoms with Gasteiger partial charge in [-0.3, -0.25) is 4.79 Å². The van der Waals surface area contributed by atoms with Crippen LogP contribution in [0.5, 0.6) is 0 Å². The van der Waals surface area contributed by atoms with E-state index in [4.69, 9.17) is 4.74 Å². The van der Waals surface area contributed by atoms with Gasteiger partial charge in [0, 0.05) is 25.3 Å². The maximum atomic E-state index is 12.8. The highest BCUT2D eigenvalue weighted by Crippen LogP contribution is 2.31. The summed E-state index contributed by atoms with van der Waals surface area (Å²) in [5.41, 5.74) is 1.74. The highest BCUT2D eigenvalue weighted by molar-refractivity contribution is 7.89. The monoisotopic (exact) mass is 422 g/mol. The van der Waals surface area contributed by atoms with E-state index in [0.717, 1.165) is 43.4 Å². The molecular formula is C22H34N2O4S. The van der Waals surface area contributed by atoms with E-state index in [1.807, 2.05) is 13.8 Å². The van der Waals surface area contributed by atoms with Crippen molar-refractivity contribution >= 4 is 21.6 Å². The van der Waals surface area contributed by atoms with Gasteiger partial charge in [0.1, 0.15) is 6.61 Å². The van der Waals surface area contributed by atoms with E-state index in [2.05, 4.69) is 6.92 Å². The highest BCUT2D eigenvalue weighted by Gasteiger charge is 2.28. The lowest BCUT2D eigenvalue weighted by molar-refractivity contribution is -0.126. The van der Waals surface area contributed by atoms with Crippen LogP contribution in [-0.4, -0.2) is 51.0 Å². The first kappa shape index (κ1) is 22.2. The molecule has 7 heteroatoms. The Hall–Kier alpha value is -1.44. The van der Waals surface area contributed by atoms with Gasteiger partial charge in [0.2, 0.25) is 10.0 Å². The van der Waals surface area contributed by atoms with Crippen LogP contribution < -0.4 is 4.90 Å². The predicted octanol–water partition coefficient (Wildman–Crippen LogP) is 3.59. The minimum absolute atomic E-state index is 0.0384. The highest BCUT2D eigenvalue weighted by atomic mass is 32.2. The second kappa shape index (κ2) is 9.58. The lowest BCUT2D eigenvalue weighted by atomic mass is 9.89. The summed E-state index contributed by atoms with van der Waals surface area (Å²) in [4.78, 5) is 14.9. The molecular weight excluding hydrogens is 388 g/mol.